The number of anilines is 2. The van der Waals surface area contributed by atoms with Gasteiger partial charge in [0.25, 0.3) is 0 Å². The molecule has 3 aliphatic rings. The molecule has 0 spiro atoms. The summed E-state index contributed by atoms with van der Waals surface area (Å²) in [6.45, 7) is 6.00. The average molecular weight is 532 g/mol. The monoisotopic (exact) mass is 531 g/mol. The SMILES string of the molecule is COc1cc(N2CCCC2=O)ccc1OCCN1CCN(c2cnccn2)CC1.Oc1ccc(C2CC2)cc1. The molecule has 39 heavy (non-hydrogen) atoms. The van der Waals surface area contributed by atoms with E-state index >= 15 is 0 Å². The molecular formula is C30H37N5O4. The van der Waals surface area contributed by atoms with Crippen molar-refractivity contribution in [2.45, 2.75) is 31.6 Å². The van der Waals surface area contributed by atoms with E-state index in [9.17, 15) is 4.79 Å². The summed E-state index contributed by atoms with van der Waals surface area (Å²) in [7, 11) is 1.63. The van der Waals surface area contributed by atoms with Crippen molar-refractivity contribution < 1.29 is 19.4 Å². The number of amides is 1. The summed E-state index contributed by atoms with van der Waals surface area (Å²) in [5.41, 5.74) is 2.25. The molecule has 1 saturated carbocycles. The van der Waals surface area contributed by atoms with Gasteiger partial charge in [0.2, 0.25) is 5.91 Å². The zero-order valence-electron chi connectivity index (χ0n) is 22.5. The Labute approximate surface area is 230 Å². The molecule has 6 rings (SSSR count). The van der Waals surface area contributed by atoms with E-state index < -0.39 is 0 Å². The Morgan fingerprint density at radius 3 is 2.41 bits per heavy atom. The standard InChI is InChI=1S/C21H27N5O3.C9H10O/c1-28-19-15-17(26-8-2-3-21(26)27)4-5-18(19)29-14-13-24-9-11-25(12-10-24)20-16-22-6-7-23-20;10-9-5-3-8(4-6-9)7-1-2-7/h4-7,15-16H,2-3,8-14H2,1H3;3-7,10H,1-2H2. The Kier molecular flexibility index (Phi) is 8.78. The minimum Gasteiger partial charge on any atom is -0.508 e. The fraction of sp³-hybridized carbons (Fsp3) is 0.433. The number of benzene rings is 2. The van der Waals surface area contributed by atoms with Gasteiger partial charge in [0, 0.05) is 69.8 Å². The van der Waals surface area contributed by atoms with Crippen LogP contribution in [0, 0.1) is 0 Å². The van der Waals surface area contributed by atoms with Gasteiger partial charge in [-0.3, -0.25) is 14.7 Å². The number of hydrogen-bond donors (Lipinski definition) is 1. The minimum absolute atomic E-state index is 0.168. The lowest BCUT2D eigenvalue weighted by atomic mass is 10.1. The zero-order chi connectivity index (χ0) is 27.0. The first kappa shape index (κ1) is 26.7. The molecule has 2 aliphatic heterocycles. The zero-order valence-corrected chi connectivity index (χ0v) is 22.5. The van der Waals surface area contributed by atoms with Crippen molar-refractivity contribution in [2.24, 2.45) is 0 Å². The van der Waals surface area contributed by atoms with Gasteiger partial charge in [-0.15, -0.1) is 0 Å². The van der Waals surface area contributed by atoms with Crippen LogP contribution in [0.1, 0.15) is 37.2 Å². The van der Waals surface area contributed by atoms with Crippen molar-refractivity contribution in [1.29, 1.82) is 0 Å². The first-order chi connectivity index (χ1) is 19.1. The van der Waals surface area contributed by atoms with Gasteiger partial charge in [0.05, 0.1) is 13.3 Å². The molecule has 1 N–H and O–H groups in total. The number of carbonyl (C=O) groups excluding carboxylic acids is 1. The van der Waals surface area contributed by atoms with Crippen LogP contribution in [0.4, 0.5) is 11.5 Å². The molecule has 1 amide bonds. The van der Waals surface area contributed by atoms with E-state index in [1.165, 1.54) is 18.4 Å². The highest BCUT2D eigenvalue weighted by molar-refractivity contribution is 5.95. The smallest absolute Gasteiger partial charge is 0.227 e. The number of phenolic OH excluding ortho intramolecular Hbond substituents is 1. The number of nitrogens with zero attached hydrogens (tertiary/aromatic N) is 5. The summed E-state index contributed by atoms with van der Waals surface area (Å²) in [5, 5.41) is 8.96. The van der Waals surface area contributed by atoms with Crippen LogP contribution in [0.5, 0.6) is 17.2 Å². The number of aromatic nitrogens is 2. The molecule has 1 aliphatic carbocycles. The lowest BCUT2D eigenvalue weighted by Crippen LogP contribution is -2.47. The fourth-order valence-corrected chi connectivity index (χ4v) is 4.97. The Bertz CT molecular complexity index is 1210. The van der Waals surface area contributed by atoms with Crippen LogP contribution < -0.4 is 19.3 Å². The highest BCUT2D eigenvalue weighted by atomic mass is 16.5. The quantitative estimate of drug-likeness (QED) is 0.465. The lowest BCUT2D eigenvalue weighted by Gasteiger charge is -2.35. The summed E-state index contributed by atoms with van der Waals surface area (Å²) < 4.78 is 11.5. The molecule has 2 saturated heterocycles. The van der Waals surface area contributed by atoms with Crippen LogP contribution in [0.3, 0.4) is 0 Å². The van der Waals surface area contributed by atoms with Crippen molar-refractivity contribution >= 4 is 17.4 Å². The van der Waals surface area contributed by atoms with E-state index in [0.29, 0.717) is 30.3 Å². The van der Waals surface area contributed by atoms with Gasteiger partial charge in [-0.25, -0.2) is 4.98 Å². The molecule has 206 valence electrons. The Morgan fingerprint density at radius 2 is 1.77 bits per heavy atom. The largest absolute Gasteiger partial charge is 0.508 e. The van der Waals surface area contributed by atoms with Crippen LogP contribution >= 0.6 is 0 Å². The predicted molar refractivity (Wildman–Crippen MR) is 151 cm³/mol. The summed E-state index contributed by atoms with van der Waals surface area (Å²) in [6.07, 6.45) is 9.41. The number of phenols is 1. The van der Waals surface area contributed by atoms with Gasteiger partial charge in [-0.2, -0.15) is 0 Å². The normalized spacial score (nSPS) is 17.5. The number of methoxy groups -OCH3 is 1. The summed E-state index contributed by atoms with van der Waals surface area (Å²) >= 11 is 0. The van der Waals surface area contributed by atoms with E-state index in [2.05, 4.69) is 19.8 Å². The minimum atomic E-state index is 0.168. The van der Waals surface area contributed by atoms with Crippen molar-refractivity contribution in [3.05, 3.63) is 66.6 Å². The lowest BCUT2D eigenvalue weighted by molar-refractivity contribution is -0.117. The number of ether oxygens (including phenoxy) is 2. The van der Waals surface area contributed by atoms with Gasteiger partial charge in [-0.05, 0) is 55.0 Å². The van der Waals surface area contributed by atoms with Crippen LogP contribution in [0.15, 0.2) is 61.1 Å². The number of piperazine rings is 1. The first-order valence-corrected chi connectivity index (χ1v) is 13.7. The van der Waals surface area contributed by atoms with Crippen molar-refractivity contribution in [3.63, 3.8) is 0 Å². The van der Waals surface area contributed by atoms with Gasteiger partial charge >= 0.3 is 0 Å². The van der Waals surface area contributed by atoms with Gasteiger partial charge in [-0.1, -0.05) is 12.1 Å². The van der Waals surface area contributed by atoms with Crippen LogP contribution in [0.2, 0.25) is 0 Å². The third-order valence-electron chi connectivity index (χ3n) is 7.39. The van der Waals surface area contributed by atoms with E-state index in [1.807, 2.05) is 41.4 Å². The van der Waals surface area contributed by atoms with Crippen LogP contribution in [-0.4, -0.2) is 78.9 Å². The van der Waals surface area contributed by atoms with E-state index in [4.69, 9.17) is 14.6 Å². The molecule has 2 aromatic carbocycles. The van der Waals surface area contributed by atoms with Gasteiger partial charge in [0.15, 0.2) is 11.5 Å². The molecule has 1 aromatic heterocycles. The second-order valence-electron chi connectivity index (χ2n) is 10.1. The summed E-state index contributed by atoms with van der Waals surface area (Å²) in [5.74, 6) is 3.63. The van der Waals surface area contributed by atoms with E-state index in [1.54, 1.807) is 31.6 Å². The maximum absolute atomic E-state index is 12.0. The predicted octanol–water partition coefficient (Wildman–Crippen LogP) is 4.08. The molecule has 0 atom stereocenters. The summed E-state index contributed by atoms with van der Waals surface area (Å²) in [4.78, 5) is 26.9. The molecule has 0 radical (unpaired) electrons. The molecule has 3 heterocycles. The topological polar surface area (TPSA) is 91.3 Å². The van der Waals surface area contributed by atoms with Crippen molar-refractivity contribution in [2.75, 3.05) is 62.8 Å². The maximum Gasteiger partial charge on any atom is 0.227 e. The molecule has 3 aromatic rings. The molecule has 9 heteroatoms. The number of hydrogen-bond acceptors (Lipinski definition) is 8. The second-order valence-corrected chi connectivity index (χ2v) is 10.1. The number of aromatic hydroxyl groups is 1. The average Bonchev–Trinajstić information content (AvgIpc) is 3.74. The Balaban J connectivity index is 0.000000257. The molecule has 0 unspecified atom stereocenters. The van der Waals surface area contributed by atoms with Crippen molar-refractivity contribution in [3.8, 4) is 17.2 Å². The van der Waals surface area contributed by atoms with Gasteiger partial charge < -0.3 is 24.4 Å². The van der Waals surface area contributed by atoms with Crippen LogP contribution in [0.25, 0.3) is 0 Å². The second kappa shape index (κ2) is 12.8. The van der Waals surface area contributed by atoms with E-state index in [-0.39, 0.29) is 5.91 Å². The number of rotatable bonds is 8. The molecule has 9 nitrogen and oxygen atoms in total. The molecule has 0 bridgehead atoms. The third-order valence-corrected chi connectivity index (χ3v) is 7.39. The number of carbonyl (C=O) groups is 1. The maximum atomic E-state index is 12.0. The Morgan fingerprint density at radius 1 is 0.974 bits per heavy atom. The molecular weight excluding hydrogens is 494 g/mol. The van der Waals surface area contributed by atoms with Crippen LogP contribution in [-0.2, 0) is 4.79 Å². The van der Waals surface area contributed by atoms with E-state index in [0.717, 1.165) is 63.1 Å². The Hall–Kier alpha value is -3.85. The third kappa shape index (κ3) is 7.17. The summed E-state index contributed by atoms with van der Waals surface area (Å²) in [6, 6.07) is 13.2. The van der Waals surface area contributed by atoms with Crippen molar-refractivity contribution in [1.82, 2.24) is 14.9 Å². The highest BCUT2D eigenvalue weighted by Crippen LogP contribution is 2.40. The highest BCUT2D eigenvalue weighted by Gasteiger charge is 2.24. The molecule has 3 fully saturated rings. The first-order valence-electron chi connectivity index (χ1n) is 13.7. The fourth-order valence-electron chi connectivity index (χ4n) is 4.97. The van der Waals surface area contributed by atoms with Gasteiger partial charge in [0.1, 0.15) is 18.2 Å².